The average Bonchev–Trinajstić information content (AvgIpc) is 2.28. The predicted octanol–water partition coefficient (Wildman–Crippen LogP) is 0.823. The minimum absolute atomic E-state index is 0.0473. The second-order valence-corrected chi connectivity index (χ2v) is 6.96. The molecular weight excluding hydrogens is 238 g/mol. The Labute approximate surface area is 105 Å². The van der Waals surface area contributed by atoms with Crippen molar-refractivity contribution in [1.82, 2.24) is 9.03 Å². The van der Waals surface area contributed by atoms with Gasteiger partial charge in [-0.05, 0) is 33.1 Å². The SMILES string of the molecule is CCC(C)(C)NS(=O)(=O)N1CCCCC1CN. The van der Waals surface area contributed by atoms with Gasteiger partial charge in [-0.15, -0.1) is 0 Å². The standard InChI is InChI=1S/C11H25N3O2S/c1-4-11(2,3)13-17(15,16)14-8-6-5-7-10(14)9-12/h10,13H,4-9,12H2,1-3H3. The van der Waals surface area contributed by atoms with Gasteiger partial charge in [-0.25, -0.2) is 0 Å². The fraction of sp³-hybridized carbons (Fsp3) is 1.00. The molecule has 1 unspecified atom stereocenters. The molecule has 0 aromatic rings. The van der Waals surface area contributed by atoms with E-state index in [1.165, 1.54) is 4.31 Å². The van der Waals surface area contributed by atoms with Gasteiger partial charge >= 0.3 is 0 Å². The maximum absolute atomic E-state index is 12.3. The normalized spacial score (nSPS) is 23.9. The fourth-order valence-electron chi connectivity index (χ4n) is 2.01. The van der Waals surface area contributed by atoms with Crippen LogP contribution in [0.3, 0.4) is 0 Å². The molecular formula is C11H25N3O2S. The molecule has 5 nitrogen and oxygen atoms in total. The summed E-state index contributed by atoms with van der Waals surface area (Å²) < 4.78 is 28.9. The second kappa shape index (κ2) is 5.65. The minimum Gasteiger partial charge on any atom is -0.329 e. The quantitative estimate of drug-likeness (QED) is 0.771. The van der Waals surface area contributed by atoms with Crippen molar-refractivity contribution in [2.45, 2.75) is 58.0 Å². The van der Waals surface area contributed by atoms with Crippen molar-refractivity contribution in [3.8, 4) is 0 Å². The van der Waals surface area contributed by atoms with E-state index in [9.17, 15) is 8.42 Å². The summed E-state index contributed by atoms with van der Waals surface area (Å²) in [5.41, 5.74) is 5.25. The van der Waals surface area contributed by atoms with E-state index in [1.54, 1.807) is 0 Å². The van der Waals surface area contributed by atoms with Crippen molar-refractivity contribution >= 4 is 10.2 Å². The summed E-state index contributed by atoms with van der Waals surface area (Å²) in [6.07, 6.45) is 3.60. The van der Waals surface area contributed by atoms with E-state index in [0.717, 1.165) is 25.7 Å². The monoisotopic (exact) mass is 263 g/mol. The molecule has 3 N–H and O–H groups in total. The second-order valence-electron chi connectivity index (χ2n) is 5.34. The summed E-state index contributed by atoms with van der Waals surface area (Å²) in [6, 6.07) is -0.0473. The van der Waals surface area contributed by atoms with Crippen LogP contribution in [-0.2, 0) is 10.2 Å². The van der Waals surface area contributed by atoms with Gasteiger partial charge in [-0.3, -0.25) is 0 Å². The molecule has 1 fully saturated rings. The first-order valence-electron chi connectivity index (χ1n) is 6.33. The van der Waals surface area contributed by atoms with E-state index in [4.69, 9.17) is 5.73 Å². The van der Waals surface area contributed by atoms with Crippen molar-refractivity contribution in [2.24, 2.45) is 5.73 Å². The van der Waals surface area contributed by atoms with Gasteiger partial charge in [0, 0.05) is 24.7 Å². The fourth-order valence-corrected chi connectivity index (χ4v) is 3.92. The molecule has 0 amide bonds. The molecule has 17 heavy (non-hydrogen) atoms. The van der Waals surface area contributed by atoms with E-state index >= 15 is 0 Å². The summed E-state index contributed by atoms with van der Waals surface area (Å²) in [5.74, 6) is 0. The van der Waals surface area contributed by atoms with Gasteiger partial charge < -0.3 is 5.73 Å². The molecule has 0 aromatic carbocycles. The predicted molar refractivity (Wildman–Crippen MR) is 69.8 cm³/mol. The molecule has 0 aromatic heterocycles. The molecule has 0 spiro atoms. The molecule has 1 aliphatic rings. The van der Waals surface area contributed by atoms with Crippen LogP contribution in [0.25, 0.3) is 0 Å². The molecule has 1 atom stereocenters. The Morgan fingerprint density at radius 3 is 2.59 bits per heavy atom. The molecule has 1 aliphatic heterocycles. The van der Waals surface area contributed by atoms with Crippen LogP contribution in [0.4, 0.5) is 0 Å². The van der Waals surface area contributed by atoms with E-state index in [1.807, 2.05) is 20.8 Å². The van der Waals surface area contributed by atoms with Gasteiger partial charge in [0.25, 0.3) is 10.2 Å². The van der Waals surface area contributed by atoms with Crippen LogP contribution in [0.5, 0.6) is 0 Å². The van der Waals surface area contributed by atoms with Crippen LogP contribution < -0.4 is 10.5 Å². The molecule has 0 aliphatic carbocycles. The van der Waals surface area contributed by atoms with Crippen LogP contribution >= 0.6 is 0 Å². The molecule has 1 heterocycles. The first kappa shape index (κ1) is 14.9. The molecule has 0 radical (unpaired) electrons. The molecule has 1 rings (SSSR count). The maximum atomic E-state index is 12.3. The number of nitrogens with zero attached hydrogens (tertiary/aromatic N) is 1. The highest BCUT2D eigenvalue weighted by Gasteiger charge is 2.34. The number of hydrogen-bond donors (Lipinski definition) is 2. The minimum atomic E-state index is -3.41. The Kier molecular flexibility index (Phi) is 4.95. The van der Waals surface area contributed by atoms with Gasteiger partial charge in [0.15, 0.2) is 0 Å². The highest BCUT2D eigenvalue weighted by molar-refractivity contribution is 7.87. The van der Waals surface area contributed by atoms with Gasteiger partial charge in [0.2, 0.25) is 0 Å². The maximum Gasteiger partial charge on any atom is 0.280 e. The number of nitrogens with one attached hydrogen (secondary N) is 1. The van der Waals surface area contributed by atoms with E-state index < -0.39 is 15.7 Å². The Balaban J connectivity index is 2.81. The van der Waals surface area contributed by atoms with Gasteiger partial charge in [-0.1, -0.05) is 13.3 Å². The van der Waals surface area contributed by atoms with Gasteiger partial charge in [-0.2, -0.15) is 17.4 Å². The molecule has 0 bridgehead atoms. The smallest absolute Gasteiger partial charge is 0.280 e. The zero-order chi connectivity index (χ0) is 13.1. The lowest BCUT2D eigenvalue weighted by atomic mass is 10.0. The van der Waals surface area contributed by atoms with Gasteiger partial charge in [0.1, 0.15) is 0 Å². The Morgan fingerprint density at radius 1 is 1.41 bits per heavy atom. The lowest BCUT2D eigenvalue weighted by Gasteiger charge is -2.36. The Morgan fingerprint density at radius 2 is 2.06 bits per heavy atom. The third-order valence-electron chi connectivity index (χ3n) is 3.44. The topological polar surface area (TPSA) is 75.4 Å². The van der Waals surface area contributed by atoms with Crippen LogP contribution in [0.15, 0.2) is 0 Å². The Hall–Kier alpha value is -0.170. The molecule has 6 heteroatoms. The summed E-state index contributed by atoms with van der Waals surface area (Å²) in [5, 5.41) is 0. The van der Waals surface area contributed by atoms with Gasteiger partial charge in [0.05, 0.1) is 0 Å². The number of rotatable bonds is 5. The van der Waals surface area contributed by atoms with Crippen LogP contribution in [0.1, 0.15) is 46.5 Å². The van der Waals surface area contributed by atoms with E-state index in [-0.39, 0.29) is 6.04 Å². The molecule has 1 saturated heterocycles. The van der Waals surface area contributed by atoms with Crippen molar-refractivity contribution in [1.29, 1.82) is 0 Å². The number of nitrogens with two attached hydrogens (primary N) is 1. The first-order valence-corrected chi connectivity index (χ1v) is 7.77. The largest absolute Gasteiger partial charge is 0.329 e. The average molecular weight is 263 g/mol. The van der Waals surface area contributed by atoms with Crippen molar-refractivity contribution in [3.05, 3.63) is 0 Å². The molecule has 0 saturated carbocycles. The lowest BCUT2D eigenvalue weighted by molar-refractivity contribution is 0.249. The highest BCUT2D eigenvalue weighted by atomic mass is 32.2. The highest BCUT2D eigenvalue weighted by Crippen LogP contribution is 2.21. The summed E-state index contributed by atoms with van der Waals surface area (Å²) in [6.45, 7) is 6.74. The van der Waals surface area contributed by atoms with Crippen molar-refractivity contribution in [3.63, 3.8) is 0 Å². The van der Waals surface area contributed by atoms with Crippen LogP contribution in [0, 0.1) is 0 Å². The first-order chi connectivity index (χ1) is 7.82. The third kappa shape index (κ3) is 3.91. The molecule has 102 valence electrons. The number of hydrogen-bond acceptors (Lipinski definition) is 3. The zero-order valence-corrected chi connectivity index (χ0v) is 11.9. The third-order valence-corrected chi connectivity index (χ3v) is 5.35. The zero-order valence-electron chi connectivity index (χ0n) is 11.1. The summed E-state index contributed by atoms with van der Waals surface area (Å²) in [7, 11) is -3.41. The van der Waals surface area contributed by atoms with Crippen molar-refractivity contribution in [2.75, 3.05) is 13.1 Å². The number of piperidine rings is 1. The van der Waals surface area contributed by atoms with E-state index in [2.05, 4.69) is 4.72 Å². The van der Waals surface area contributed by atoms with Crippen LogP contribution in [-0.4, -0.2) is 37.4 Å². The Bertz CT molecular complexity index is 341. The summed E-state index contributed by atoms with van der Waals surface area (Å²) >= 11 is 0. The van der Waals surface area contributed by atoms with Crippen molar-refractivity contribution < 1.29 is 8.42 Å². The van der Waals surface area contributed by atoms with E-state index in [0.29, 0.717) is 13.1 Å². The summed E-state index contributed by atoms with van der Waals surface area (Å²) in [4.78, 5) is 0. The lowest BCUT2D eigenvalue weighted by Crippen LogP contribution is -2.56. The van der Waals surface area contributed by atoms with Crippen LogP contribution in [0.2, 0.25) is 0 Å².